The van der Waals surface area contributed by atoms with E-state index in [4.69, 9.17) is 4.74 Å². The number of amides is 3. The van der Waals surface area contributed by atoms with Crippen LogP contribution in [0.25, 0.3) is 0 Å². The van der Waals surface area contributed by atoms with Gasteiger partial charge in [0.05, 0.1) is 18.7 Å². The van der Waals surface area contributed by atoms with Crippen molar-refractivity contribution >= 4 is 11.9 Å². The predicted octanol–water partition coefficient (Wildman–Crippen LogP) is 2.93. The first kappa shape index (κ1) is 32.7. The molecule has 0 radical (unpaired) electrons. The standard InChI is InChI=1S/C28H47F2N5O4/c1-9-12-35(26(37)24(28(5,6)7)33-25(36)18(4)31-8)23-15-34(27(38)32-17(2)3)14-19(23)16-39-20-10-11-21(29)22(30)13-20/h10-11,13,17-19,23-24,26,31,37H,9,12,14-16H2,1-8H3,(H,32,38)(H,33,36). The number of aliphatic hydroxyl groups excluding tert-OH is 1. The molecule has 0 spiro atoms. The van der Waals surface area contributed by atoms with Gasteiger partial charge in [0.15, 0.2) is 11.6 Å². The quantitative estimate of drug-likeness (QED) is 0.296. The number of aliphatic hydroxyl groups is 1. The number of carbonyl (C=O) groups is 2. The van der Waals surface area contributed by atoms with E-state index in [0.29, 0.717) is 19.6 Å². The third-order valence-corrected chi connectivity index (χ3v) is 7.06. The second-order valence-corrected chi connectivity index (χ2v) is 11.7. The highest BCUT2D eigenvalue weighted by Crippen LogP contribution is 2.30. The molecule has 11 heteroatoms. The summed E-state index contributed by atoms with van der Waals surface area (Å²) in [5.74, 6) is -2.25. The number of benzene rings is 1. The van der Waals surface area contributed by atoms with Crippen molar-refractivity contribution in [2.75, 3.05) is 33.3 Å². The number of urea groups is 1. The maximum absolute atomic E-state index is 13.8. The molecular weight excluding hydrogens is 508 g/mol. The monoisotopic (exact) mass is 555 g/mol. The first-order valence-corrected chi connectivity index (χ1v) is 13.7. The molecular formula is C28H47F2N5O4. The molecule has 1 aromatic rings. The third-order valence-electron chi connectivity index (χ3n) is 7.06. The van der Waals surface area contributed by atoms with Gasteiger partial charge in [0.1, 0.15) is 12.0 Å². The zero-order valence-corrected chi connectivity index (χ0v) is 24.6. The molecule has 1 fully saturated rings. The van der Waals surface area contributed by atoms with E-state index in [9.17, 15) is 23.5 Å². The summed E-state index contributed by atoms with van der Waals surface area (Å²) in [6, 6.07) is 1.72. The first-order chi connectivity index (χ1) is 18.2. The highest BCUT2D eigenvalue weighted by Gasteiger charge is 2.45. The van der Waals surface area contributed by atoms with Gasteiger partial charge < -0.3 is 30.7 Å². The van der Waals surface area contributed by atoms with Crippen molar-refractivity contribution < 1.29 is 28.2 Å². The molecule has 0 bridgehead atoms. The summed E-state index contributed by atoms with van der Waals surface area (Å²) in [6.07, 6.45) is -0.331. The summed E-state index contributed by atoms with van der Waals surface area (Å²) in [6.45, 7) is 14.7. The van der Waals surface area contributed by atoms with Crippen molar-refractivity contribution in [1.29, 1.82) is 0 Å². The molecule has 5 unspecified atom stereocenters. The molecule has 3 amide bonds. The molecule has 1 aromatic carbocycles. The van der Waals surface area contributed by atoms with Crippen molar-refractivity contribution in [3.05, 3.63) is 29.8 Å². The van der Waals surface area contributed by atoms with Crippen LogP contribution >= 0.6 is 0 Å². The van der Waals surface area contributed by atoms with Crippen molar-refractivity contribution in [2.45, 2.75) is 85.3 Å². The molecule has 0 aromatic heterocycles. The number of ether oxygens (including phenoxy) is 1. The zero-order valence-electron chi connectivity index (χ0n) is 24.6. The minimum Gasteiger partial charge on any atom is -0.493 e. The number of hydrogen-bond donors (Lipinski definition) is 4. The molecule has 1 saturated heterocycles. The van der Waals surface area contributed by atoms with E-state index < -0.39 is 35.4 Å². The lowest BCUT2D eigenvalue weighted by atomic mass is 9.84. The number of nitrogens with zero attached hydrogens (tertiary/aromatic N) is 2. The van der Waals surface area contributed by atoms with Crippen LogP contribution in [0.15, 0.2) is 18.2 Å². The molecule has 222 valence electrons. The fourth-order valence-corrected chi connectivity index (χ4v) is 4.76. The van der Waals surface area contributed by atoms with E-state index in [1.165, 1.54) is 6.07 Å². The minimum absolute atomic E-state index is 0.0552. The van der Waals surface area contributed by atoms with Crippen LogP contribution in [0.1, 0.15) is 54.9 Å². The van der Waals surface area contributed by atoms with Gasteiger partial charge in [-0.2, -0.15) is 0 Å². The van der Waals surface area contributed by atoms with Crippen molar-refractivity contribution in [1.82, 2.24) is 25.8 Å². The van der Waals surface area contributed by atoms with E-state index in [1.54, 1.807) is 18.9 Å². The third kappa shape index (κ3) is 9.01. The largest absolute Gasteiger partial charge is 0.493 e. The van der Waals surface area contributed by atoms with Gasteiger partial charge in [0, 0.05) is 43.7 Å². The van der Waals surface area contributed by atoms with Gasteiger partial charge in [0.25, 0.3) is 0 Å². The van der Waals surface area contributed by atoms with Gasteiger partial charge >= 0.3 is 6.03 Å². The molecule has 9 nitrogen and oxygen atoms in total. The fourth-order valence-electron chi connectivity index (χ4n) is 4.76. The Hall–Kier alpha value is -2.50. The molecule has 1 aliphatic rings. The Kier molecular flexibility index (Phi) is 11.9. The average molecular weight is 556 g/mol. The summed E-state index contributed by atoms with van der Waals surface area (Å²) in [5.41, 5.74) is -0.487. The Bertz CT molecular complexity index is 958. The lowest BCUT2D eigenvalue weighted by Crippen LogP contribution is -2.62. The summed E-state index contributed by atoms with van der Waals surface area (Å²) in [5, 5.41) is 20.6. The maximum Gasteiger partial charge on any atom is 0.317 e. The number of rotatable bonds is 12. The van der Waals surface area contributed by atoms with Gasteiger partial charge in [-0.3, -0.25) is 9.69 Å². The van der Waals surface area contributed by atoms with E-state index in [2.05, 4.69) is 16.0 Å². The first-order valence-electron chi connectivity index (χ1n) is 13.7. The van der Waals surface area contributed by atoms with Crippen LogP contribution < -0.4 is 20.7 Å². The van der Waals surface area contributed by atoms with Gasteiger partial charge in [-0.25, -0.2) is 13.6 Å². The SMILES string of the molecule is CCCN(C(O)C(NC(=O)C(C)NC)C(C)(C)C)C1CN(C(=O)NC(C)C)CC1COc1ccc(F)c(F)c1. The van der Waals surface area contributed by atoms with Crippen LogP contribution in [0.2, 0.25) is 0 Å². The minimum atomic E-state index is -1.05. The Balaban J connectivity index is 2.37. The predicted molar refractivity (Wildman–Crippen MR) is 147 cm³/mol. The smallest absolute Gasteiger partial charge is 0.317 e. The van der Waals surface area contributed by atoms with E-state index >= 15 is 0 Å². The number of likely N-dealkylation sites (tertiary alicyclic amines) is 1. The van der Waals surface area contributed by atoms with Crippen molar-refractivity contribution in [3.63, 3.8) is 0 Å². The van der Waals surface area contributed by atoms with Gasteiger partial charge in [-0.05, 0) is 51.8 Å². The maximum atomic E-state index is 13.8. The number of likely N-dealkylation sites (N-methyl/N-ethyl adjacent to an activating group) is 1. The van der Waals surface area contributed by atoms with Gasteiger partial charge in [0.2, 0.25) is 5.91 Å². The molecule has 1 aliphatic heterocycles. The molecule has 0 saturated carbocycles. The second-order valence-electron chi connectivity index (χ2n) is 11.7. The fraction of sp³-hybridized carbons (Fsp3) is 0.714. The average Bonchev–Trinajstić information content (AvgIpc) is 3.28. The van der Waals surface area contributed by atoms with Crippen LogP contribution in [-0.4, -0.2) is 90.5 Å². The van der Waals surface area contributed by atoms with Gasteiger partial charge in [-0.1, -0.05) is 27.7 Å². The van der Waals surface area contributed by atoms with E-state index in [1.807, 2.05) is 46.4 Å². The summed E-state index contributed by atoms with van der Waals surface area (Å²) < 4.78 is 33.0. The number of nitrogens with one attached hydrogen (secondary N) is 3. The van der Waals surface area contributed by atoms with Crippen LogP contribution in [0.3, 0.4) is 0 Å². The Morgan fingerprint density at radius 3 is 2.36 bits per heavy atom. The molecule has 4 N–H and O–H groups in total. The zero-order chi connectivity index (χ0) is 29.5. The van der Waals surface area contributed by atoms with Crippen molar-refractivity contribution in [2.24, 2.45) is 11.3 Å². The summed E-state index contributed by atoms with van der Waals surface area (Å²) in [4.78, 5) is 29.4. The second kappa shape index (κ2) is 14.2. The molecule has 2 rings (SSSR count). The highest BCUT2D eigenvalue weighted by atomic mass is 19.2. The normalized spacial score (nSPS) is 20.2. The van der Waals surface area contributed by atoms with Crippen LogP contribution in [0.4, 0.5) is 13.6 Å². The topological polar surface area (TPSA) is 106 Å². The molecule has 0 aliphatic carbocycles. The Morgan fingerprint density at radius 1 is 1.15 bits per heavy atom. The summed E-state index contributed by atoms with van der Waals surface area (Å²) >= 11 is 0. The van der Waals surface area contributed by atoms with Crippen LogP contribution in [-0.2, 0) is 4.79 Å². The van der Waals surface area contributed by atoms with Crippen LogP contribution in [0, 0.1) is 23.0 Å². The molecule has 5 atom stereocenters. The lowest BCUT2D eigenvalue weighted by Gasteiger charge is -2.44. The molecule has 39 heavy (non-hydrogen) atoms. The van der Waals surface area contributed by atoms with Gasteiger partial charge in [-0.15, -0.1) is 0 Å². The Labute approximate surface area is 231 Å². The number of carbonyl (C=O) groups excluding carboxylic acids is 2. The highest BCUT2D eigenvalue weighted by molar-refractivity contribution is 5.81. The van der Waals surface area contributed by atoms with E-state index in [0.717, 1.165) is 18.6 Å². The number of halogens is 2. The number of hydrogen-bond acceptors (Lipinski definition) is 6. The van der Waals surface area contributed by atoms with E-state index in [-0.39, 0.29) is 42.3 Å². The summed E-state index contributed by atoms with van der Waals surface area (Å²) in [7, 11) is 1.70. The molecule has 1 heterocycles. The Morgan fingerprint density at radius 2 is 1.82 bits per heavy atom. The van der Waals surface area contributed by atoms with Crippen LogP contribution in [0.5, 0.6) is 5.75 Å². The lowest BCUT2D eigenvalue weighted by molar-refractivity contribution is -0.130. The van der Waals surface area contributed by atoms with Crippen molar-refractivity contribution in [3.8, 4) is 5.75 Å².